The number of halogens is 2. The molecule has 1 aromatic rings. The molecule has 0 spiro atoms. The van der Waals surface area contributed by atoms with E-state index in [2.05, 4.69) is 4.99 Å². The number of hydrogen-bond donors (Lipinski definition) is 1. The van der Waals surface area contributed by atoms with Gasteiger partial charge in [-0.3, -0.25) is 0 Å². The van der Waals surface area contributed by atoms with Crippen LogP contribution in [0.3, 0.4) is 0 Å². The molecule has 0 heterocycles. The van der Waals surface area contributed by atoms with Crippen LogP contribution in [-0.4, -0.2) is 11.4 Å². The third kappa shape index (κ3) is 4.06. The summed E-state index contributed by atoms with van der Waals surface area (Å²) >= 11 is 7.25. The molecule has 0 unspecified atom stereocenters. The summed E-state index contributed by atoms with van der Waals surface area (Å²) in [5.74, 6) is 0. The Balaban J connectivity index is 0.00000169. The molecule has 78 valence electrons. The van der Waals surface area contributed by atoms with Gasteiger partial charge in [-0.15, -0.1) is 24.0 Å². The van der Waals surface area contributed by atoms with Crippen molar-refractivity contribution in [3.63, 3.8) is 0 Å². The first-order valence-electron chi connectivity index (χ1n) is 3.78. The Hall–Kier alpha value is 0.0600. The van der Waals surface area contributed by atoms with Gasteiger partial charge < -0.3 is 5.73 Å². The molecule has 5 heteroatoms. The van der Waals surface area contributed by atoms with Crippen LogP contribution < -0.4 is 5.73 Å². The van der Waals surface area contributed by atoms with E-state index in [9.17, 15) is 0 Å². The van der Waals surface area contributed by atoms with Gasteiger partial charge in [-0.1, -0.05) is 29.4 Å². The second kappa shape index (κ2) is 6.53. The van der Waals surface area contributed by atoms with Crippen LogP contribution in [0.15, 0.2) is 23.2 Å². The molecule has 0 radical (unpaired) electrons. The van der Waals surface area contributed by atoms with Crippen molar-refractivity contribution >= 4 is 58.2 Å². The fourth-order valence-corrected chi connectivity index (χ4v) is 1.22. The molecule has 0 aliphatic carbocycles. The van der Waals surface area contributed by atoms with Gasteiger partial charge in [0.05, 0.1) is 5.69 Å². The molecule has 0 aliphatic heterocycles. The molecule has 0 bridgehead atoms. The number of nitrogens with two attached hydrogens (primary N) is 1. The van der Waals surface area contributed by atoms with Crippen LogP contribution in [0.1, 0.15) is 5.56 Å². The predicted octanol–water partition coefficient (Wildman–Crippen LogP) is 3.58. The largest absolute Gasteiger partial charge is 0.378 e. The molecule has 0 saturated heterocycles. The minimum atomic E-state index is 0. The average molecular weight is 343 g/mol. The first-order valence-corrected chi connectivity index (χ1v) is 5.38. The van der Waals surface area contributed by atoms with Crippen molar-refractivity contribution in [1.82, 2.24) is 0 Å². The number of rotatable bonds is 1. The standard InChI is InChI=1S/C9H11ClN2S.HI/c1-6-3-4-7(10)5-8(6)12-9(11)13-2;/h3-5H,1-2H3,(H2,11,12);1H. The van der Waals surface area contributed by atoms with E-state index < -0.39 is 0 Å². The molecule has 0 atom stereocenters. The highest BCUT2D eigenvalue weighted by Gasteiger charge is 1.98. The van der Waals surface area contributed by atoms with Gasteiger partial charge in [-0.25, -0.2) is 4.99 Å². The Bertz CT molecular complexity index is 342. The van der Waals surface area contributed by atoms with Crippen molar-refractivity contribution in [1.29, 1.82) is 0 Å². The molecule has 0 fully saturated rings. The first kappa shape index (κ1) is 14.1. The zero-order chi connectivity index (χ0) is 9.84. The molecule has 1 rings (SSSR count). The third-order valence-corrected chi connectivity index (χ3v) is 2.36. The van der Waals surface area contributed by atoms with E-state index in [0.717, 1.165) is 11.3 Å². The molecule has 14 heavy (non-hydrogen) atoms. The smallest absolute Gasteiger partial charge is 0.158 e. The highest BCUT2D eigenvalue weighted by Crippen LogP contribution is 2.23. The van der Waals surface area contributed by atoms with Crippen LogP contribution in [0.4, 0.5) is 5.69 Å². The minimum Gasteiger partial charge on any atom is -0.378 e. The van der Waals surface area contributed by atoms with Crippen molar-refractivity contribution < 1.29 is 0 Å². The normalized spacial score (nSPS) is 10.9. The number of amidine groups is 1. The SMILES string of the molecule is CSC(N)=Nc1cc(Cl)ccc1C.I. The van der Waals surface area contributed by atoms with E-state index >= 15 is 0 Å². The first-order chi connectivity index (χ1) is 6.13. The highest BCUT2D eigenvalue weighted by molar-refractivity contribution is 14.0. The molecular formula is C9H12ClIN2S. The van der Waals surface area contributed by atoms with Crippen LogP contribution in [0.2, 0.25) is 5.02 Å². The lowest BCUT2D eigenvalue weighted by atomic mass is 10.2. The maximum Gasteiger partial charge on any atom is 0.158 e. The molecule has 1 aromatic carbocycles. The number of benzene rings is 1. The Morgan fingerprint density at radius 2 is 2.14 bits per heavy atom. The summed E-state index contributed by atoms with van der Waals surface area (Å²) in [6, 6.07) is 5.57. The van der Waals surface area contributed by atoms with Gasteiger partial charge in [0.25, 0.3) is 0 Å². The Morgan fingerprint density at radius 3 is 2.71 bits per heavy atom. The Kier molecular flexibility index (Phi) is 6.55. The summed E-state index contributed by atoms with van der Waals surface area (Å²) < 4.78 is 0. The fourth-order valence-electron chi connectivity index (χ4n) is 0.867. The summed E-state index contributed by atoms with van der Waals surface area (Å²) in [4.78, 5) is 4.21. The highest BCUT2D eigenvalue weighted by atomic mass is 127. The molecule has 0 aliphatic rings. The number of aryl methyl sites for hydroxylation is 1. The molecule has 0 saturated carbocycles. The van der Waals surface area contributed by atoms with E-state index in [1.165, 1.54) is 11.8 Å². The maximum atomic E-state index is 5.83. The lowest BCUT2D eigenvalue weighted by molar-refractivity contribution is 1.39. The van der Waals surface area contributed by atoms with Gasteiger partial charge in [-0.05, 0) is 30.9 Å². The second-order valence-corrected chi connectivity index (χ2v) is 3.85. The van der Waals surface area contributed by atoms with Gasteiger partial charge in [0.2, 0.25) is 0 Å². The zero-order valence-electron chi connectivity index (χ0n) is 7.95. The summed E-state index contributed by atoms with van der Waals surface area (Å²) in [6.45, 7) is 1.97. The topological polar surface area (TPSA) is 38.4 Å². The van der Waals surface area contributed by atoms with Crippen molar-refractivity contribution in [3.05, 3.63) is 28.8 Å². The van der Waals surface area contributed by atoms with Gasteiger partial charge >= 0.3 is 0 Å². The van der Waals surface area contributed by atoms with Crippen molar-refractivity contribution in [3.8, 4) is 0 Å². The van der Waals surface area contributed by atoms with E-state index in [1.54, 1.807) is 6.07 Å². The summed E-state index contributed by atoms with van der Waals surface area (Å²) in [5, 5.41) is 1.23. The summed E-state index contributed by atoms with van der Waals surface area (Å²) in [6.07, 6.45) is 1.89. The summed E-state index contributed by atoms with van der Waals surface area (Å²) in [5.41, 5.74) is 7.50. The lowest BCUT2D eigenvalue weighted by Crippen LogP contribution is -2.04. The molecular weight excluding hydrogens is 331 g/mol. The van der Waals surface area contributed by atoms with Gasteiger partial charge in [-0.2, -0.15) is 0 Å². The van der Waals surface area contributed by atoms with Crippen LogP contribution in [0, 0.1) is 6.92 Å². The van der Waals surface area contributed by atoms with Gasteiger partial charge in [0.1, 0.15) is 0 Å². The van der Waals surface area contributed by atoms with E-state index in [4.69, 9.17) is 17.3 Å². The van der Waals surface area contributed by atoms with Gasteiger partial charge in [0, 0.05) is 5.02 Å². The monoisotopic (exact) mass is 342 g/mol. The quantitative estimate of drug-likeness (QED) is 0.481. The Morgan fingerprint density at radius 1 is 1.50 bits per heavy atom. The number of aliphatic imine (C=N–C) groups is 1. The van der Waals surface area contributed by atoms with Crippen LogP contribution in [0.5, 0.6) is 0 Å². The van der Waals surface area contributed by atoms with Crippen LogP contribution in [-0.2, 0) is 0 Å². The van der Waals surface area contributed by atoms with E-state index in [-0.39, 0.29) is 24.0 Å². The molecule has 2 nitrogen and oxygen atoms in total. The summed E-state index contributed by atoms with van der Waals surface area (Å²) in [7, 11) is 0. The van der Waals surface area contributed by atoms with Crippen molar-refractivity contribution in [2.75, 3.05) is 6.26 Å². The minimum absolute atomic E-state index is 0. The fraction of sp³-hybridized carbons (Fsp3) is 0.222. The lowest BCUT2D eigenvalue weighted by Gasteiger charge is -2.01. The molecule has 0 amide bonds. The number of nitrogens with zero attached hydrogens (tertiary/aromatic N) is 1. The van der Waals surface area contributed by atoms with Crippen molar-refractivity contribution in [2.24, 2.45) is 10.7 Å². The zero-order valence-corrected chi connectivity index (χ0v) is 11.9. The Labute approximate surface area is 110 Å². The molecule has 0 aromatic heterocycles. The number of hydrogen-bond acceptors (Lipinski definition) is 2. The van der Waals surface area contributed by atoms with Crippen LogP contribution in [0.25, 0.3) is 0 Å². The van der Waals surface area contributed by atoms with Crippen LogP contribution >= 0.6 is 47.3 Å². The number of thioether (sulfide) groups is 1. The van der Waals surface area contributed by atoms with E-state index in [0.29, 0.717) is 10.2 Å². The predicted molar refractivity (Wildman–Crippen MR) is 76.4 cm³/mol. The molecule has 2 N–H and O–H groups in total. The average Bonchev–Trinajstić information content (AvgIpc) is 2.11. The third-order valence-electron chi connectivity index (χ3n) is 1.61. The maximum absolute atomic E-state index is 5.83. The second-order valence-electron chi connectivity index (χ2n) is 2.58. The van der Waals surface area contributed by atoms with Gasteiger partial charge in [0.15, 0.2) is 5.17 Å². The van der Waals surface area contributed by atoms with E-state index in [1.807, 2.05) is 25.3 Å². The van der Waals surface area contributed by atoms with Crippen molar-refractivity contribution in [2.45, 2.75) is 6.92 Å².